The molecule has 0 saturated carbocycles. The average Bonchev–Trinajstić information content (AvgIpc) is 2.74. The molecule has 3 nitrogen and oxygen atoms in total. The molecule has 1 aromatic heterocycles. The first-order valence-electron chi connectivity index (χ1n) is 6.46. The summed E-state index contributed by atoms with van der Waals surface area (Å²) in [6.45, 7) is 2.92. The maximum Gasteiger partial charge on any atom is 0.134 e. The van der Waals surface area contributed by atoms with Crippen molar-refractivity contribution in [2.75, 3.05) is 20.6 Å². The van der Waals surface area contributed by atoms with Gasteiger partial charge in [-0.3, -0.25) is 0 Å². The van der Waals surface area contributed by atoms with E-state index in [9.17, 15) is 5.11 Å². The van der Waals surface area contributed by atoms with Gasteiger partial charge in [-0.25, -0.2) is 0 Å². The molecule has 1 N–H and O–H groups in total. The molecule has 98 valence electrons. The van der Waals surface area contributed by atoms with Gasteiger partial charge in [-0.2, -0.15) is 0 Å². The molecule has 2 aromatic rings. The third kappa shape index (κ3) is 2.57. The van der Waals surface area contributed by atoms with Crippen LogP contribution < -0.4 is 0 Å². The molecule has 0 aliphatic rings. The molecule has 2 rings (SSSR count). The Kier molecular flexibility index (Phi) is 4.04. The fraction of sp³-hybridized carbons (Fsp3) is 0.467. The zero-order valence-corrected chi connectivity index (χ0v) is 11.3. The van der Waals surface area contributed by atoms with Crippen molar-refractivity contribution in [3.63, 3.8) is 0 Å². The van der Waals surface area contributed by atoms with Gasteiger partial charge in [0, 0.05) is 23.9 Å². The summed E-state index contributed by atoms with van der Waals surface area (Å²) < 4.78 is 5.80. The van der Waals surface area contributed by atoms with Gasteiger partial charge in [0.05, 0.1) is 6.10 Å². The van der Waals surface area contributed by atoms with Crippen LogP contribution in [-0.4, -0.2) is 30.6 Å². The number of hydrogen-bond acceptors (Lipinski definition) is 3. The van der Waals surface area contributed by atoms with Crippen LogP contribution in [0.3, 0.4) is 0 Å². The summed E-state index contributed by atoms with van der Waals surface area (Å²) in [5.74, 6) is 0.905. The molecule has 1 atom stereocenters. The van der Waals surface area contributed by atoms with Gasteiger partial charge < -0.3 is 14.4 Å². The average molecular weight is 247 g/mol. The van der Waals surface area contributed by atoms with Crippen LogP contribution in [0.5, 0.6) is 0 Å². The SMILES string of the molecule is CCc1oc2ccccc2c1C(O)CCN(C)C. The quantitative estimate of drug-likeness (QED) is 0.882. The van der Waals surface area contributed by atoms with Crippen molar-refractivity contribution in [2.24, 2.45) is 0 Å². The van der Waals surface area contributed by atoms with Gasteiger partial charge in [-0.05, 0) is 26.6 Å². The molecule has 0 aliphatic carbocycles. The Morgan fingerprint density at radius 1 is 1.28 bits per heavy atom. The molecule has 0 radical (unpaired) electrons. The lowest BCUT2D eigenvalue weighted by Crippen LogP contribution is -2.16. The number of aliphatic hydroxyl groups excluding tert-OH is 1. The zero-order valence-electron chi connectivity index (χ0n) is 11.3. The van der Waals surface area contributed by atoms with E-state index < -0.39 is 6.10 Å². The molecule has 1 aromatic carbocycles. The Morgan fingerprint density at radius 2 is 2.00 bits per heavy atom. The largest absolute Gasteiger partial charge is 0.461 e. The van der Waals surface area contributed by atoms with E-state index in [-0.39, 0.29) is 0 Å². The molecule has 0 amide bonds. The molecule has 0 aliphatic heterocycles. The Labute approximate surface area is 108 Å². The summed E-state index contributed by atoms with van der Waals surface area (Å²) in [6.07, 6.45) is 1.08. The van der Waals surface area contributed by atoms with E-state index in [0.29, 0.717) is 0 Å². The normalized spacial score (nSPS) is 13.4. The maximum absolute atomic E-state index is 10.4. The second-order valence-corrected chi connectivity index (χ2v) is 4.90. The van der Waals surface area contributed by atoms with Crippen molar-refractivity contribution >= 4 is 11.0 Å². The summed E-state index contributed by atoms with van der Waals surface area (Å²) in [7, 11) is 4.03. The van der Waals surface area contributed by atoms with Crippen molar-refractivity contribution in [1.82, 2.24) is 4.90 Å². The van der Waals surface area contributed by atoms with Crippen LogP contribution in [0.15, 0.2) is 28.7 Å². The van der Waals surface area contributed by atoms with E-state index in [0.717, 1.165) is 41.7 Å². The molecule has 0 saturated heterocycles. The standard InChI is InChI=1S/C15H21NO2/c1-4-13-15(12(17)9-10-16(2)3)11-7-5-6-8-14(11)18-13/h5-8,12,17H,4,9-10H2,1-3H3. The second kappa shape index (κ2) is 5.55. The first-order chi connectivity index (χ1) is 8.63. The van der Waals surface area contributed by atoms with Crippen LogP contribution in [0, 0.1) is 0 Å². The van der Waals surface area contributed by atoms with Crippen molar-refractivity contribution in [2.45, 2.75) is 25.9 Å². The van der Waals surface area contributed by atoms with Gasteiger partial charge in [-0.1, -0.05) is 25.1 Å². The van der Waals surface area contributed by atoms with Crippen LogP contribution in [0.1, 0.15) is 30.8 Å². The van der Waals surface area contributed by atoms with E-state index in [4.69, 9.17) is 4.42 Å². The molecule has 0 bridgehead atoms. The Hall–Kier alpha value is -1.32. The number of aryl methyl sites for hydroxylation is 1. The summed E-state index contributed by atoms with van der Waals surface area (Å²) in [5, 5.41) is 11.4. The highest BCUT2D eigenvalue weighted by Gasteiger charge is 2.19. The molecule has 1 unspecified atom stereocenters. The number of rotatable bonds is 5. The highest BCUT2D eigenvalue weighted by molar-refractivity contribution is 5.82. The van der Waals surface area contributed by atoms with Crippen LogP contribution >= 0.6 is 0 Å². The smallest absolute Gasteiger partial charge is 0.134 e. The van der Waals surface area contributed by atoms with Crippen LogP contribution in [0.4, 0.5) is 0 Å². The van der Waals surface area contributed by atoms with E-state index in [2.05, 4.69) is 11.8 Å². The Balaban J connectivity index is 2.35. The van der Waals surface area contributed by atoms with E-state index in [1.807, 2.05) is 38.4 Å². The lowest BCUT2D eigenvalue weighted by molar-refractivity contribution is 0.153. The summed E-state index contributed by atoms with van der Waals surface area (Å²) in [6, 6.07) is 7.92. The topological polar surface area (TPSA) is 36.6 Å². The number of aliphatic hydroxyl groups is 1. The minimum Gasteiger partial charge on any atom is -0.461 e. The number of para-hydroxylation sites is 1. The lowest BCUT2D eigenvalue weighted by Gasteiger charge is -2.14. The van der Waals surface area contributed by atoms with Gasteiger partial charge in [0.25, 0.3) is 0 Å². The molecular formula is C15H21NO2. The first kappa shape index (κ1) is 13.1. The number of benzene rings is 1. The van der Waals surface area contributed by atoms with Gasteiger partial charge in [-0.15, -0.1) is 0 Å². The highest BCUT2D eigenvalue weighted by Crippen LogP contribution is 2.32. The summed E-state index contributed by atoms with van der Waals surface area (Å²) in [5.41, 5.74) is 1.84. The number of fused-ring (bicyclic) bond motifs is 1. The number of hydrogen-bond donors (Lipinski definition) is 1. The zero-order chi connectivity index (χ0) is 13.1. The van der Waals surface area contributed by atoms with Gasteiger partial charge in [0.2, 0.25) is 0 Å². The predicted octanol–water partition coefficient (Wildman–Crippen LogP) is 2.98. The maximum atomic E-state index is 10.4. The molecule has 1 heterocycles. The Bertz CT molecular complexity index is 516. The van der Waals surface area contributed by atoms with E-state index >= 15 is 0 Å². The van der Waals surface area contributed by atoms with Gasteiger partial charge >= 0.3 is 0 Å². The lowest BCUT2D eigenvalue weighted by atomic mass is 10.0. The van der Waals surface area contributed by atoms with Crippen molar-refractivity contribution in [3.8, 4) is 0 Å². The second-order valence-electron chi connectivity index (χ2n) is 4.90. The molecule has 18 heavy (non-hydrogen) atoms. The van der Waals surface area contributed by atoms with E-state index in [1.165, 1.54) is 0 Å². The Morgan fingerprint density at radius 3 is 2.67 bits per heavy atom. The predicted molar refractivity (Wildman–Crippen MR) is 73.7 cm³/mol. The number of furan rings is 1. The fourth-order valence-corrected chi connectivity index (χ4v) is 2.27. The third-order valence-corrected chi connectivity index (χ3v) is 3.21. The van der Waals surface area contributed by atoms with Gasteiger partial charge in [0.15, 0.2) is 0 Å². The summed E-state index contributed by atoms with van der Waals surface area (Å²) in [4.78, 5) is 2.08. The van der Waals surface area contributed by atoms with Crippen molar-refractivity contribution < 1.29 is 9.52 Å². The highest BCUT2D eigenvalue weighted by atomic mass is 16.3. The van der Waals surface area contributed by atoms with Crippen LogP contribution in [0.25, 0.3) is 11.0 Å². The monoisotopic (exact) mass is 247 g/mol. The number of nitrogens with zero attached hydrogens (tertiary/aromatic N) is 1. The first-order valence-corrected chi connectivity index (χ1v) is 6.46. The van der Waals surface area contributed by atoms with Crippen LogP contribution in [-0.2, 0) is 6.42 Å². The third-order valence-electron chi connectivity index (χ3n) is 3.21. The minimum atomic E-state index is -0.453. The minimum absolute atomic E-state index is 0.453. The summed E-state index contributed by atoms with van der Waals surface area (Å²) >= 11 is 0. The molecule has 0 spiro atoms. The molecular weight excluding hydrogens is 226 g/mol. The van der Waals surface area contributed by atoms with Gasteiger partial charge in [0.1, 0.15) is 11.3 Å². The molecule has 0 fully saturated rings. The van der Waals surface area contributed by atoms with E-state index in [1.54, 1.807) is 0 Å². The molecule has 3 heteroatoms. The van der Waals surface area contributed by atoms with Crippen molar-refractivity contribution in [1.29, 1.82) is 0 Å². The van der Waals surface area contributed by atoms with Crippen LogP contribution in [0.2, 0.25) is 0 Å². The fourth-order valence-electron chi connectivity index (χ4n) is 2.27. The van der Waals surface area contributed by atoms with Crippen molar-refractivity contribution in [3.05, 3.63) is 35.6 Å².